The molecule has 1 aliphatic carbocycles. The molecule has 0 aromatic carbocycles. The predicted octanol–water partition coefficient (Wildman–Crippen LogP) is 3.55. The van der Waals surface area contributed by atoms with Crippen LogP contribution >= 0.6 is 0 Å². The van der Waals surface area contributed by atoms with Crippen LogP contribution in [-0.2, 0) is 0 Å². The van der Waals surface area contributed by atoms with Crippen molar-refractivity contribution in [3.63, 3.8) is 0 Å². The minimum atomic E-state index is 0.601. The van der Waals surface area contributed by atoms with E-state index in [0.717, 1.165) is 5.92 Å². The summed E-state index contributed by atoms with van der Waals surface area (Å²) in [6.07, 6.45) is 4.16. The third-order valence-electron chi connectivity index (χ3n) is 2.68. The highest BCUT2D eigenvalue weighted by atomic mass is 14.3. The lowest BCUT2D eigenvalue weighted by molar-refractivity contribution is 0.258. The molecule has 11 heavy (non-hydrogen) atoms. The summed E-state index contributed by atoms with van der Waals surface area (Å²) in [6, 6.07) is 0. The summed E-state index contributed by atoms with van der Waals surface area (Å²) in [5.41, 5.74) is 2.59. The summed E-state index contributed by atoms with van der Waals surface area (Å²) in [6.45, 7) is 12.3. The molecule has 1 aliphatic rings. The van der Waals surface area contributed by atoms with Crippen molar-refractivity contribution in [2.24, 2.45) is 11.8 Å². The standard InChI is InChI=1S/C11H18/c1-8(2)11(9(3)4)10-6-5-7-10/h10-11H,1,3,5-7H2,2,4H3. The zero-order valence-electron chi connectivity index (χ0n) is 7.69. The van der Waals surface area contributed by atoms with E-state index >= 15 is 0 Å². The largest absolute Gasteiger partial charge is 0.0995 e. The van der Waals surface area contributed by atoms with Gasteiger partial charge in [0.25, 0.3) is 0 Å². The highest BCUT2D eigenvalue weighted by Crippen LogP contribution is 2.39. The Hall–Kier alpha value is -0.520. The second kappa shape index (κ2) is 3.25. The lowest BCUT2D eigenvalue weighted by Crippen LogP contribution is -2.23. The maximum atomic E-state index is 4.02. The van der Waals surface area contributed by atoms with Gasteiger partial charge in [0.2, 0.25) is 0 Å². The summed E-state index contributed by atoms with van der Waals surface area (Å²) in [5.74, 6) is 1.47. The molecule has 0 nitrogen and oxygen atoms in total. The Morgan fingerprint density at radius 3 is 1.73 bits per heavy atom. The van der Waals surface area contributed by atoms with Gasteiger partial charge in [-0.2, -0.15) is 0 Å². The van der Waals surface area contributed by atoms with Gasteiger partial charge in [-0.15, -0.1) is 0 Å². The van der Waals surface area contributed by atoms with Gasteiger partial charge in [0.05, 0.1) is 0 Å². The monoisotopic (exact) mass is 150 g/mol. The van der Waals surface area contributed by atoms with Crippen molar-refractivity contribution in [3.8, 4) is 0 Å². The second-order valence-electron chi connectivity index (χ2n) is 3.86. The van der Waals surface area contributed by atoms with Crippen LogP contribution < -0.4 is 0 Å². The quantitative estimate of drug-likeness (QED) is 0.540. The number of allylic oxidation sites excluding steroid dienone is 2. The Morgan fingerprint density at radius 2 is 1.64 bits per heavy atom. The van der Waals surface area contributed by atoms with Crippen molar-refractivity contribution >= 4 is 0 Å². The van der Waals surface area contributed by atoms with Crippen molar-refractivity contribution in [1.29, 1.82) is 0 Å². The van der Waals surface area contributed by atoms with Crippen molar-refractivity contribution in [2.75, 3.05) is 0 Å². The third kappa shape index (κ3) is 1.74. The van der Waals surface area contributed by atoms with Crippen molar-refractivity contribution in [1.82, 2.24) is 0 Å². The first-order valence-corrected chi connectivity index (χ1v) is 4.43. The van der Waals surface area contributed by atoms with Crippen molar-refractivity contribution in [2.45, 2.75) is 33.1 Å². The van der Waals surface area contributed by atoms with Crippen LogP contribution in [0.15, 0.2) is 24.3 Å². The van der Waals surface area contributed by atoms with Gasteiger partial charge in [0.1, 0.15) is 0 Å². The van der Waals surface area contributed by atoms with Crippen LogP contribution in [0.2, 0.25) is 0 Å². The van der Waals surface area contributed by atoms with Gasteiger partial charge in [-0.05, 0) is 32.6 Å². The maximum Gasteiger partial charge on any atom is 0.00243 e. The first kappa shape index (κ1) is 8.58. The molecular formula is C11H18. The molecular weight excluding hydrogens is 132 g/mol. The smallest absolute Gasteiger partial charge is 0.00243 e. The summed E-state index contributed by atoms with van der Waals surface area (Å²) in [7, 11) is 0. The topological polar surface area (TPSA) is 0 Å². The SMILES string of the molecule is C=C(C)C(C(=C)C)C1CCC1. The van der Waals surface area contributed by atoms with E-state index in [4.69, 9.17) is 0 Å². The molecule has 0 atom stereocenters. The molecule has 0 bridgehead atoms. The van der Waals surface area contributed by atoms with E-state index in [-0.39, 0.29) is 0 Å². The minimum absolute atomic E-state index is 0.601. The Balaban J connectivity index is 2.58. The van der Waals surface area contributed by atoms with E-state index in [1.807, 2.05) is 0 Å². The molecule has 0 saturated heterocycles. The summed E-state index contributed by atoms with van der Waals surface area (Å²) < 4.78 is 0. The third-order valence-corrected chi connectivity index (χ3v) is 2.68. The first-order valence-electron chi connectivity index (χ1n) is 4.43. The van der Waals surface area contributed by atoms with E-state index < -0.39 is 0 Å². The van der Waals surface area contributed by atoms with Gasteiger partial charge in [-0.25, -0.2) is 0 Å². The van der Waals surface area contributed by atoms with Crippen molar-refractivity contribution < 1.29 is 0 Å². The number of hydrogen-bond donors (Lipinski definition) is 0. The molecule has 0 amide bonds. The molecule has 62 valence electrons. The van der Waals surface area contributed by atoms with Gasteiger partial charge < -0.3 is 0 Å². The first-order chi connectivity index (χ1) is 5.13. The van der Waals surface area contributed by atoms with Crippen LogP contribution in [0.1, 0.15) is 33.1 Å². The summed E-state index contributed by atoms with van der Waals surface area (Å²) >= 11 is 0. The van der Waals surface area contributed by atoms with Gasteiger partial charge >= 0.3 is 0 Å². The molecule has 0 aromatic rings. The number of hydrogen-bond acceptors (Lipinski definition) is 0. The molecule has 0 N–H and O–H groups in total. The summed E-state index contributed by atoms with van der Waals surface area (Å²) in [5, 5.41) is 0. The van der Waals surface area contributed by atoms with Crippen LogP contribution in [0.5, 0.6) is 0 Å². The highest BCUT2D eigenvalue weighted by Gasteiger charge is 2.27. The van der Waals surface area contributed by atoms with Gasteiger partial charge in [-0.3, -0.25) is 0 Å². The molecule has 0 spiro atoms. The maximum absolute atomic E-state index is 4.02. The zero-order chi connectivity index (χ0) is 8.43. The molecule has 0 heteroatoms. The predicted molar refractivity (Wildman–Crippen MR) is 50.5 cm³/mol. The fraction of sp³-hybridized carbons (Fsp3) is 0.636. The van der Waals surface area contributed by atoms with Gasteiger partial charge in [0.15, 0.2) is 0 Å². The molecule has 0 unspecified atom stereocenters. The second-order valence-corrected chi connectivity index (χ2v) is 3.86. The molecule has 0 heterocycles. The fourth-order valence-electron chi connectivity index (χ4n) is 2.00. The molecule has 1 fully saturated rings. The Bertz CT molecular complexity index is 158. The Kier molecular flexibility index (Phi) is 2.53. The van der Waals surface area contributed by atoms with Gasteiger partial charge in [-0.1, -0.05) is 30.7 Å². The summed E-state index contributed by atoms with van der Waals surface area (Å²) in [4.78, 5) is 0. The fourth-order valence-corrected chi connectivity index (χ4v) is 2.00. The van der Waals surface area contributed by atoms with Crippen LogP contribution in [-0.4, -0.2) is 0 Å². The molecule has 0 aromatic heterocycles. The van der Waals surface area contributed by atoms with E-state index in [1.165, 1.54) is 30.4 Å². The Morgan fingerprint density at radius 1 is 1.18 bits per heavy atom. The van der Waals surface area contributed by atoms with Gasteiger partial charge in [0, 0.05) is 5.92 Å². The Labute approximate surface area is 70.0 Å². The van der Waals surface area contributed by atoms with E-state index in [0.29, 0.717) is 5.92 Å². The van der Waals surface area contributed by atoms with Crippen LogP contribution in [0.3, 0.4) is 0 Å². The minimum Gasteiger partial charge on any atom is -0.0995 e. The lowest BCUT2D eigenvalue weighted by Gasteiger charge is -2.34. The zero-order valence-corrected chi connectivity index (χ0v) is 7.69. The molecule has 1 saturated carbocycles. The molecule has 1 rings (SSSR count). The molecule has 0 radical (unpaired) electrons. The van der Waals surface area contributed by atoms with Crippen molar-refractivity contribution in [3.05, 3.63) is 24.3 Å². The number of rotatable bonds is 3. The average Bonchev–Trinajstić information content (AvgIpc) is 1.75. The van der Waals surface area contributed by atoms with Crippen LogP contribution in [0, 0.1) is 11.8 Å². The highest BCUT2D eigenvalue weighted by molar-refractivity contribution is 5.15. The van der Waals surface area contributed by atoms with E-state index in [9.17, 15) is 0 Å². The van der Waals surface area contributed by atoms with E-state index in [2.05, 4.69) is 27.0 Å². The lowest BCUT2D eigenvalue weighted by atomic mass is 9.71. The molecule has 0 aliphatic heterocycles. The average molecular weight is 150 g/mol. The van der Waals surface area contributed by atoms with Crippen LogP contribution in [0.25, 0.3) is 0 Å². The van der Waals surface area contributed by atoms with E-state index in [1.54, 1.807) is 0 Å². The normalized spacial score (nSPS) is 18.1. The van der Waals surface area contributed by atoms with Crippen LogP contribution in [0.4, 0.5) is 0 Å².